The summed E-state index contributed by atoms with van der Waals surface area (Å²) in [5.74, 6) is 0.755. The number of nitrogens with one attached hydrogen (secondary N) is 1. The van der Waals surface area contributed by atoms with Gasteiger partial charge in [-0.05, 0) is 25.2 Å². The molecule has 4 nitrogen and oxygen atoms in total. The topological polar surface area (TPSA) is 66.4 Å². The molecule has 2 N–H and O–H groups in total. The van der Waals surface area contributed by atoms with E-state index in [-0.39, 0.29) is 11.9 Å². The summed E-state index contributed by atoms with van der Waals surface area (Å²) in [5, 5.41) is 8.99. The van der Waals surface area contributed by atoms with Crippen LogP contribution in [-0.4, -0.2) is 37.8 Å². The van der Waals surface area contributed by atoms with E-state index in [2.05, 4.69) is 4.72 Å². The molecule has 1 saturated carbocycles. The first-order valence-corrected chi connectivity index (χ1v) is 6.93. The molecular weight excluding hydrogens is 226 g/mol. The maximum atomic E-state index is 11.3. The minimum Gasteiger partial charge on any atom is -0.393 e. The van der Waals surface area contributed by atoms with Crippen LogP contribution in [0.1, 0.15) is 19.3 Å². The molecule has 0 aromatic heterocycles. The zero-order valence-corrected chi connectivity index (χ0v) is 9.52. The lowest BCUT2D eigenvalue weighted by Crippen LogP contribution is -2.39. The molecule has 0 saturated heterocycles. The van der Waals surface area contributed by atoms with Crippen molar-refractivity contribution in [3.8, 4) is 0 Å². The highest BCUT2D eigenvalue weighted by molar-refractivity contribution is 7.89. The van der Waals surface area contributed by atoms with Gasteiger partial charge in [0.1, 0.15) is 0 Å². The van der Waals surface area contributed by atoms with Crippen LogP contribution in [0.25, 0.3) is 0 Å². The van der Waals surface area contributed by atoms with Gasteiger partial charge in [0.15, 0.2) is 0 Å². The number of alkyl halides is 1. The lowest BCUT2D eigenvalue weighted by molar-refractivity contribution is 0.0453. The van der Waals surface area contributed by atoms with Gasteiger partial charge in [0.2, 0.25) is 10.0 Å². The summed E-state index contributed by atoms with van der Waals surface area (Å²) in [6, 6.07) is 0. The Kier molecular flexibility index (Phi) is 4.63. The van der Waals surface area contributed by atoms with Crippen molar-refractivity contribution in [1.29, 1.82) is 0 Å². The second kappa shape index (κ2) is 5.30. The first kappa shape index (κ1) is 12.2. The fourth-order valence-corrected chi connectivity index (χ4v) is 2.88. The Morgan fingerprint density at radius 3 is 2.57 bits per heavy atom. The molecule has 1 fully saturated rings. The molecule has 1 aliphatic rings. The molecule has 0 aromatic rings. The predicted molar refractivity (Wildman–Crippen MR) is 55.9 cm³/mol. The van der Waals surface area contributed by atoms with Gasteiger partial charge in [0, 0.05) is 12.4 Å². The van der Waals surface area contributed by atoms with Gasteiger partial charge < -0.3 is 5.11 Å². The van der Waals surface area contributed by atoms with Crippen LogP contribution >= 0.6 is 11.6 Å². The number of halogens is 1. The largest absolute Gasteiger partial charge is 0.393 e. The summed E-state index contributed by atoms with van der Waals surface area (Å²) < 4.78 is 25.1. The van der Waals surface area contributed by atoms with Crippen LogP contribution in [0.15, 0.2) is 0 Å². The predicted octanol–water partition coefficient (Wildman–Crippen LogP) is 0.306. The number of aliphatic hydroxyl groups is 1. The van der Waals surface area contributed by atoms with Crippen molar-refractivity contribution in [1.82, 2.24) is 4.72 Å². The first-order valence-electron chi connectivity index (χ1n) is 4.75. The van der Waals surface area contributed by atoms with E-state index in [1.165, 1.54) is 0 Å². The van der Waals surface area contributed by atoms with Gasteiger partial charge in [0.25, 0.3) is 0 Å². The Hall–Kier alpha value is 0.160. The van der Waals surface area contributed by atoms with Gasteiger partial charge in [-0.25, -0.2) is 13.1 Å². The zero-order valence-electron chi connectivity index (χ0n) is 7.95. The van der Waals surface area contributed by atoms with Crippen LogP contribution in [0, 0.1) is 5.92 Å². The van der Waals surface area contributed by atoms with Gasteiger partial charge in [-0.15, -0.1) is 11.6 Å². The summed E-state index contributed by atoms with van der Waals surface area (Å²) in [6.07, 6.45) is 1.66. The third kappa shape index (κ3) is 4.13. The van der Waals surface area contributed by atoms with Crippen molar-refractivity contribution in [3.63, 3.8) is 0 Å². The van der Waals surface area contributed by atoms with Crippen LogP contribution in [-0.2, 0) is 10.0 Å². The van der Waals surface area contributed by atoms with Crippen molar-refractivity contribution < 1.29 is 13.5 Å². The fraction of sp³-hybridized carbons (Fsp3) is 1.00. The minimum absolute atomic E-state index is 0.0891. The first-order chi connectivity index (χ1) is 6.53. The summed E-state index contributed by atoms with van der Waals surface area (Å²) >= 11 is 5.40. The monoisotopic (exact) mass is 241 g/mol. The second-order valence-electron chi connectivity index (χ2n) is 3.70. The molecule has 0 atom stereocenters. The highest BCUT2D eigenvalue weighted by atomic mass is 35.5. The number of sulfonamides is 1. The average molecular weight is 242 g/mol. The van der Waals surface area contributed by atoms with E-state index in [1.54, 1.807) is 0 Å². The van der Waals surface area contributed by atoms with Gasteiger partial charge in [-0.1, -0.05) is 0 Å². The molecule has 84 valence electrons. The highest BCUT2D eigenvalue weighted by Gasteiger charge is 2.27. The third-order valence-electron chi connectivity index (χ3n) is 2.35. The molecule has 1 aliphatic carbocycles. The maximum absolute atomic E-state index is 11.3. The molecular formula is C8H16ClNO3S. The van der Waals surface area contributed by atoms with Crippen LogP contribution < -0.4 is 4.72 Å². The van der Waals surface area contributed by atoms with Crippen molar-refractivity contribution in [3.05, 3.63) is 0 Å². The lowest BCUT2D eigenvalue weighted by atomic mass is 9.83. The van der Waals surface area contributed by atoms with E-state index < -0.39 is 10.0 Å². The number of aliphatic hydroxyl groups excluding tert-OH is 1. The van der Waals surface area contributed by atoms with Crippen LogP contribution in [0.4, 0.5) is 0 Å². The van der Waals surface area contributed by atoms with E-state index in [9.17, 15) is 8.42 Å². The minimum atomic E-state index is -3.15. The van der Waals surface area contributed by atoms with Gasteiger partial charge in [-0.2, -0.15) is 0 Å². The Balaban J connectivity index is 2.16. The van der Waals surface area contributed by atoms with Gasteiger partial charge in [0.05, 0.1) is 11.9 Å². The molecule has 1 rings (SSSR count). The summed E-state index contributed by atoms with van der Waals surface area (Å²) in [4.78, 5) is 0. The van der Waals surface area contributed by atoms with Crippen molar-refractivity contribution in [2.75, 3.05) is 18.2 Å². The second-order valence-corrected chi connectivity index (χ2v) is 6.01. The fourth-order valence-electron chi connectivity index (χ4n) is 1.43. The van der Waals surface area contributed by atoms with Crippen LogP contribution in [0.5, 0.6) is 0 Å². The molecule has 0 spiro atoms. The van der Waals surface area contributed by atoms with Crippen molar-refractivity contribution in [2.45, 2.75) is 25.4 Å². The molecule has 0 heterocycles. The number of hydrogen-bond donors (Lipinski definition) is 2. The lowest BCUT2D eigenvalue weighted by Gasteiger charge is -2.31. The Labute approximate surface area is 89.7 Å². The summed E-state index contributed by atoms with van der Waals surface area (Å²) in [7, 11) is -3.15. The Morgan fingerprint density at radius 2 is 2.07 bits per heavy atom. The zero-order chi connectivity index (χ0) is 10.6. The van der Waals surface area contributed by atoms with E-state index in [0.717, 1.165) is 0 Å². The van der Waals surface area contributed by atoms with E-state index >= 15 is 0 Å². The molecule has 0 bridgehead atoms. The molecule has 0 aliphatic heterocycles. The average Bonchev–Trinajstić information content (AvgIpc) is 2.07. The quantitative estimate of drug-likeness (QED) is 0.658. The van der Waals surface area contributed by atoms with Crippen LogP contribution in [0.3, 0.4) is 0 Å². The molecule has 0 aromatic carbocycles. The molecule has 0 amide bonds. The normalized spacial score (nSPS) is 27.3. The smallest absolute Gasteiger partial charge is 0.211 e. The maximum Gasteiger partial charge on any atom is 0.211 e. The van der Waals surface area contributed by atoms with Crippen molar-refractivity contribution in [2.24, 2.45) is 5.92 Å². The molecule has 0 unspecified atom stereocenters. The SMILES string of the molecule is O=S(=O)(CCCCl)NCC1CC(O)C1. The Bertz CT molecular complexity index is 262. The molecule has 6 heteroatoms. The van der Waals surface area contributed by atoms with E-state index in [1.807, 2.05) is 0 Å². The highest BCUT2D eigenvalue weighted by Crippen LogP contribution is 2.26. The third-order valence-corrected chi connectivity index (χ3v) is 4.05. The van der Waals surface area contributed by atoms with E-state index in [0.29, 0.717) is 37.6 Å². The summed E-state index contributed by atoms with van der Waals surface area (Å²) in [5.41, 5.74) is 0. The molecule has 0 radical (unpaired) electrons. The number of rotatable bonds is 6. The van der Waals surface area contributed by atoms with Gasteiger partial charge in [-0.3, -0.25) is 0 Å². The van der Waals surface area contributed by atoms with Crippen molar-refractivity contribution >= 4 is 21.6 Å². The van der Waals surface area contributed by atoms with Crippen LogP contribution in [0.2, 0.25) is 0 Å². The molecule has 14 heavy (non-hydrogen) atoms. The number of hydrogen-bond acceptors (Lipinski definition) is 3. The van der Waals surface area contributed by atoms with E-state index in [4.69, 9.17) is 16.7 Å². The standard InChI is InChI=1S/C8H16ClNO3S/c9-2-1-3-14(12,13)10-6-7-4-8(11)5-7/h7-8,10-11H,1-6H2. The summed E-state index contributed by atoms with van der Waals surface area (Å²) in [6.45, 7) is 0.446. The Morgan fingerprint density at radius 1 is 1.43 bits per heavy atom. The van der Waals surface area contributed by atoms with Gasteiger partial charge >= 0.3 is 0 Å².